The number of alkyl halides is 2. The van der Waals surface area contributed by atoms with Gasteiger partial charge in [-0.3, -0.25) is 14.3 Å². The number of carbonyl (C=O) groups is 1. The number of nitrogens with one attached hydrogen (secondary N) is 1. The molecule has 124 valence electrons. The van der Waals surface area contributed by atoms with Gasteiger partial charge in [-0.2, -0.15) is 8.78 Å². The molecular weight excluding hydrogens is 328 g/mol. The number of halogens is 3. The lowest BCUT2D eigenvalue weighted by Gasteiger charge is -2.23. The molecule has 0 bridgehead atoms. The Morgan fingerprint density at radius 1 is 1.43 bits per heavy atom. The van der Waals surface area contributed by atoms with E-state index in [4.69, 9.17) is 11.6 Å². The van der Waals surface area contributed by atoms with E-state index in [2.05, 4.69) is 15.3 Å². The number of pyridine rings is 1. The number of hydrogen-bond donors (Lipinski definition) is 1. The Bertz CT molecular complexity index is 661. The molecule has 23 heavy (non-hydrogen) atoms. The Morgan fingerprint density at radius 3 is 2.78 bits per heavy atom. The minimum Gasteiger partial charge on any atom is -0.309 e. The molecule has 1 N–H and O–H groups in total. The predicted octanol–water partition coefficient (Wildman–Crippen LogP) is 2.79. The molecule has 9 heteroatoms. The first-order valence-corrected chi connectivity index (χ1v) is 7.19. The summed E-state index contributed by atoms with van der Waals surface area (Å²) in [5.41, 5.74) is 0. The van der Waals surface area contributed by atoms with Crippen molar-refractivity contribution in [1.82, 2.24) is 19.4 Å². The summed E-state index contributed by atoms with van der Waals surface area (Å²) in [5.74, 6) is 0.248. The fourth-order valence-electron chi connectivity index (χ4n) is 1.88. The van der Waals surface area contributed by atoms with Gasteiger partial charge >= 0.3 is 6.55 Å². The zero-order valence-corrected chi connectivity index (χ0v) is 13.3. The van der Waals surface area contributed by atoms with E-state index in [0.717, 1.165) is 4.57 Å². The zero-order valence-electron chi connectivity index (χ0n) is 12.6. The fraction of sp³-hybridized carbons (Fsp3) is 0.357. The van der Waals surface area contributed by atoms with Crippen LogP contribution in [0.2, 0.25) is 5.02 Å². The summed E-state index contributed by atoms with van der Waals surface area (Å²) < 4.78 is 26.4. The number of rotatable bonds is 6. The number of hydrogen-bond acceptors (Lipinski definition) is 4. The SMILES string of the molecule is C[C@@H](C(=O)Nc1ccc(Cl)cn1)N(C)Cc1nccn1C(F)F. The Kier molecular flexibility index (Phi) is 5.62. The molecule has 0 unspecified atom stereocenters. The highest BCUT2D eigenvalue weighted by Gasteiger charge is 2.21. The van der Waals surface area contributed by atoms with E-state index >= 15 is 0 Å². The van der Waals surface area contributed by atoms with Crippen LogP contribution >= 0.6 is 11.6 Å². The molecule has 2 aromatic heterocycles. The Labute approximate surface area is 137 Å². The van der Waals surface area contributed by atoms with Crippen molar-refractivity contribution in [2.45, 2.75) is 26.1 Å². The molecule has 2 rings (SSSR count). The van der Waals surface area contributed by atoms with E-state index in [-0.39, 0.29) is 18.3 Å². The number of imidazole rings is 1. The quantitative estimate of drug-likeness (QED) is 0.876. The molecule has 2 aromatic rings. The molecule has 0 aliphatic rings. The molecule has 0 saturated carbocycles. The van der Waals surface area contributed by atoms with Crippen molar-refractivity contribution in [3.05, 3.63) is 41.6 Å². The van der Waals surface area contributed by atoms with Gasteiger partial charge in [0.2, 0.25) is 5.91 Å². The zero-order chi connectivity index (χ0) is 17.0. The lowest BCUT2D eigenvalue weighted by Crippen LogP contribution is -2.39. The first-order chi connectivity index (χ1) is 10.9. The predicted molar refractivity (Wildman–Crippen MR) is 82.3 cm³/mol. The number of amides is 1. The molecule has 2 heterocycles. The molecule has 0 saturated heterocycles. The molecule has 6 nitrogen and oxygen atoms in total. The van der Waals surface area contributed by atoms with Crippen molar-refractivity contribution in [2.75, 3.05) is 12.4 Å². The van der Waals surface area contributed by atoms with Gasteiger partial charge in [0.1, 0.15) is 11.6 Å². The van der Waals surface area contributed by atoms with Gasteiger partial charge in [0.15, 0.2) is 0 Å². The lowest BCUT2D eigenvalue weighted by molar-refractivity contribution is -0.120. The van der Waals surface area contributed by atoms with E-state index in [1.807, 2.05) is 0 Å². The van der Waals surface area contributed by atoms with Crippen LogP contribution in [-0.4, -0.2) is 38.4 Å². The number of likely N-dealkylation sites (N-methyl/N-ethyl adjacent to an activating group) is 1. The minimum atomic E-state index is -2.66. The van der Waals surface area contributed by atoms with E-state index < -0.39 is 12.6 Å². The third-order valence-electron chi connectivity index (χ3n) is 3.37. The van der Waals surface area contributed by atoms with Crippen LogP contribution in [0.4, 0.5) is 14.6 Å². The van der Waals surface area contributed by atoms with Gasteiger partial charge in [-0.05, 0) is 26.1 Å². The summed E-state index contributed by atoms with van der Waals surface area (Å²) in [6.45, 7) is -0.885. The fourth-order valence-corrected chi connectivity index (χ4v) is 2.00. The van der Waals surface area contributed by atoms with Crippen LogP contribution in [0.25, 0.3) is 0 Å². The molecule has 1 atom stereocenters. The number of aromatic nitrogens is 3. The maximum atomic E-state index is 12.8. The summed E-state index contributed by atoms with van der Waals surface area (Å²) in [7, 11) is 1.66. The molecule has 1 amide bonds. The second-order valence-corrected chi connectivity index (χ2v) is 5.41. The van der Waals surface area contributed by atoms with Gasteiger partial charge in [-0.1, -0.05) is 11.6 Å². The second kappa shape index (κ2) is 7.47. The molecule has 0 radical (unpaired) electrons. The Morgan fingerprint density at radius 2 is 2.17 bits per heavy atom. The third kappa shape index (κ3) is 4.46. The van der Waals surface area contributed by atoms with Crippen LogP contribution in [0.5, 0.6) is 0 Å². The standard InChI is InChI=1S/C14H16ClF2N5O/c1-9(13(23)20-11-4-3-10(15)7-19-11)21(2)8-12-18-5-6-22(12)14(16)17/h3-7,9,14H,8H2,1-2H3,(H,19,20,23)/t9-/m0/s1. The molecular formula is C14H16ClF2N5O. The summed E-state index contributed by atoms with van der Waals surface area (Å²) in [5, 5.41) is 3.11. The van der Waals surface area contributed by atoms with Gasteiger partial charge in [-0.15, -0.1) is 0 Å². The third-order valence-corrected chi connectivity index (χ3v) is 3.59. The smallest absolute Gasteiger partial charge is 0.309 e. The van der Waals surface area contributed by atoms with Crippen molar-refractivity contribution in [3.8, 4) is 0 Å². The van der Waals surface area contributed by atoms with Gasteiger partial charge < -0.3 is 5.32 Å². The van der Waals surface area contributed by atoms with Crippen LogP contribution in [0, 0.1) is 0 Å². The van der Waals surface area contributed by atoms with Crippen LogP contribution in [0.15, 0.2) is 30.7 Å². The van der Waals surface area contributed by atoms with Gasteiger partial charge in [0.05, 0.1) is 17.6 Å². The van der Waals surface area contributed by atoms with Crippen molar-refractivity contribution < 1.29 is 13.6 Å². The van der Waals surface area contributed by atoms with Crippen LogP contribution in [0.3, 0.4) is 0 Å². The first-order valence-electron chi connectivity index (χ1n) is 6.81. The van der Waals surface area contributed by atoms with Crippen molar-refractivity contribution in [2.24, 2.45) is 0 Å². The van der Waals surface area contributed by atoms with Gasteiger partial charge in [-0.25, -0.2) is 9.97 Å². The average molecular weight is 344 g/mol. The highest BCUT2D eigenvalue weighted by atomic mass is 35.5. The van der Waals surface area contributed by atoms with Crippen LogP contribution in [0.1, 0.15) is 19.3 Å². The second-order valence-electron chi connectivity index (χ2n) is 4.97. The van der Waals surface area contributed by atoms with E-state index in [1.54, 1.807) is 31.0 Å². The molecule has 0 aliphatic heterocycles. The summed E-state index contributed by atoms with van der Waals surface area (Å²) in [6.07, 6.45) is 3.93. The number of carbonyl (C=O) groups excluding carboxylic acids is 1. The van der Waals surface area contributed by atoms with E-state index in [9.17, 15) is 13.6 Å². The van der Waals surface area contributed by atoms with E-state index in [0.29, 0.717) is 10.8 Å². The largest absolute Gasteiger partial charge is 0.319 e. The lowest BCUT2D eigenvalue weighted by atomic mass is 10.2. The van der Waals surface area contributed by atoms with E-state index in [1.165, 1.54) is 18.6 Å². The van der Waals surface area contributed by atoms with Gasteiger partial charge in [0, 0.05) is 18.6 Å². The first kappa shape index (κ1) is 17.3. The van der Waals surface area contributed by atoms with Crippen LogP contribution in [-0.2, 0) is 11.3 Å². The van der Waals surface area contributed by atoms with Crippen molar-refractivity contribution in [3.63, 3.8) is 0 Å². The van der Waals surface area contributed by atoms with Crippen molar-refractivity contribution >= 4 is 23.3 Å². The van der Waals surface area contributed by atoms with Crippen LogP contribution < -0.4 is 5.32 Å². The Balaban J connectivity index is 1.98. The minimum absolute atomic E-state index is 0.111. The van der Waals surface area contributed by atoms with Crippen molar-refractivity contribution in [1.29, 1.82) is 0 Å². The highest BCUT2D eigenvalue weighted by Crippen LogP contribution is 2.15. The number of anilines is 1. The normalized spacial score (nSPS) is 12.7. The maximum Gasteiger partial charge on any atom is 0.319 e. The maximum absolute atomic E-state index is 12.8. The Hall–Kier alpha value is -2.06. The summed E-state index contributed by atoms with van der Waals surface area (Å²) >= 11 is 5.73. The monoisotopic (exact) mass is 343 g/mol. The topological polar surface area (TPSA) is 63.1 Å². The summed E-state index contributed by atoms with van der Waals surface area (Å²) in [4.78, 5) is 21.7. The highest BCUT2D eigenvalue weighted by molar-refractivity contribution is 6.30. The average Bonchev–Trinajstić information content (AvgIpc) is 2.97. The summed E-state index contributed by atoms with van der Waals surface area (Å²) in [6, 6.07) is 2.63. The number of nitrogens with zero attached hydrogens (tertiary/aromatic N) is 4. The molecule has 0 fully saturated rings. The molecule has 0 spiro atoms. The molecule has 0 aliphatic carbocycles. The van der Waals surface area contributed by atoms with Gasteiger partial charge in [0.25, 0.3) is 0 Å². The molecule has 0 aromatic carbocycles.